The molecule has 1 amide bonds. The number of morpholine rings is 1. The summed E-state index contributed by atoms with van der Waals surface area (Å²) in [6, 6.07) is 0.589. The number of rotatable bonds is 5. The number of ether oxygens (including phenoxy) is 1. The van der Waals surface area contributed by atoms with Crippen molar-refractivity contribution in [2.24, 2.45) is 7.05 Å². The fourth-order valence-electron chi connectivity index (χ4n) is 3.69. The number of carbonyl (C=O) groups is 1. The first-order valence-electron chi connectivity index (χ1n) is 10.4. The van der Waals surface area contributed by atoms with E-state index in [4.69, 9.17) is 4.74 Å². The van der Waals surface area contributed by atoms with Crippen molar-refractivity contribution in [2.75, 3.05) is 31.6 Å². The second-order valence-corrected chi connectivity index (χ2v) is 7.72. The van der Waals surface area contributed by atoms with Crippen molar-refractivity contribution in [3.8, 4) is 0 Å². The molecule has 184 valence electrons. The van der Waals surface area contributed by atoms with Gasteiger partial charge in [0.25, 0.3) is 5.91 Å². The van der Waals surface area contributed by atoms with Crippen LogP contribution in [0.5, 0.6) is 0 Å². The van der Waals surface area contributed by atoms with Crippen LogP contribution in [0, 0.1) is 17.5 Å². The molecule has 4 aromatic rings. The van der Waals surface area contributed by atoms with Crippen LogP contribution in [0.4, 0.5) is 24.8 Å². The molecule has 1 aliphatic rings. The van der Waals surface area contributed by atoms with Crippen LogP contribution in [-0.4, -0.2) is 66.6 Å². The Labute approximate surface area is 198 Å². The van der Waals surface area contributed by atoms with Crippen molar-refractivity contribution < 1.29 is 22.7 Å². The van der Waals surface area contributed by atoms with Gasteiger partial charge < -0.3 is 15.0 Å². The summed E-state index contributed by atoms with van der Waals surface area (Å²) in [5.41, 5.74) is -0.255. The minimum atomic E-state index is -1.39. The number of carbonyl (C=O) groups excluding carboxylic acids is 1. The van der Waals surface area contributed by atoms with Gasteiger partial charge in [0, 0.05) is 38.1 Å². The van der Waals surface area contributed by atoms with Gasteiger partial charge in [0.1, 0.15) is 5.82 Å². The third-order valence-electron chi connectivity index (χ3n) is 5.42. The lowest BCUT2D eigenvalue weighted by Crippen LogP contribution is -2.41. The predicted molar refractivity (Wildman–Crippen MR) is 121 cm³/mol. The summed E-state index contributed by atoms with van der Waals surface area (Å²) < 4.78 is 52.3. The zero-order chi connectivity index (χ0) is 23.8. The average Bonchev–Trinajstić information content (AvgIpc) is 3.44. The van der Waals surface area contributed by atoms with Gasteiger partial charge in [0.2, 0.25) is 5.95 Å². The maximum absolute atomic E-state index is 15.3. The van der Waals surface area contributed by atoms with Crippen molar-refractivity contribution in [3.05, 3.63) is 59.4 Å². The molecule has 4 heterocycles. The molecule has 0 saturated carbocycles. The lowest BCUT2D eigenvalue weighted by molar-refractivity contribution is 0.0299. The smallest absolute Gasteiger partial charge is 0.257 e. The quantitative estimate of drug-likeness (QED) is 0.431. The number of nitrogens with zero attached hydrogens (tertiary/aromatic N) is 7. The standard InChI is InChI=1S/C21H19F3N8O2.CH4/c1-30-10-13(9-26-30)28-21-25-7-12-8-27-32(19(12)29-21)11-15-17(23)14(6-16(22)18(15)24)20(33)31-2-4-34-5-3-31;/h6-10H,2-5,11H2,1H3,(H,25,28,29);1H4. The van der Waals surface area contributed by atoms with Crippen molar-refractivity contribution in [1.82, 2.24) is 34.4 Å². The van der Waals surface area contributed by atoms with Crippen LogP contribution in [0.1, 0.15) is 23.3 Å². The fraction of sp³-hybridized carbons (Fsp3) is 0.318. The van der Waals surface area contributed by atoms with Crippen LogP contribution in [0.2, 0.25) is 0 Å². The van der Waals surface area contributed by atoms with Crippen molar-refractivity contribution in [2.45, 2.75) is 14.0 Å². The first kappa shape index (κ1) is 24.1. The van der Waals surface area contributed by atoms with E-state index in [-0.39, 0.29) is 45.3 Å². The Kier molecular flexibility index (Phi) is 6.69. The van der Waals surface area contributed by atoms with Crippen LogP contribution in [0.3, 0.4) is 0 Å². The number of hydrogen-bond acceptors (Lipinski definition) is 7. The van der Waals surface area contributed by atoms with Gasteiger partial charge in [-0.2, -0.15) is 15.2 Å². The normalized spacial score (nSPS) is 13.7. The van der Waals surface area contributed by atoms with E-state index in [1.165, 1.54) is 22.0 Å². The van der Waals surface area contributed by atoms with E-state index in [0.717, 1.165) is 0 Å². The number of amides is 1. The Morgan fingerprint density at radius 3 is 2.60 bits per heavy atom. The summed E-state index contributed by atoms with van der Waals surface area (Å²) >= 11 is 0. The highest BCUT2D eigenvalue weighted by Crippen LogP contribution is 2.24. The molecule has 35 heavy (non-hydrogen) atoms. The number of aromatic nitrogens is 6. The third kappa shape index (κ3) is 4.67. The zero-order valence-corrected chi connectivity index (χ0v) is 18.0. The van der Waals surface area contributed by atoms with Crippen LogP contribution < -0.4 is 5.32 Å². The molecule has 10 nitrogen and oxygen atoms in total. The van der Waals surface area contributed by atoms with Crippen LogP contribution >= 0.6 is 0 Å². The van der Waals surface area contributed by atoms with Gasteiger partial charge in [-0.1, -0.05) is 7.43 Å². The Balaban J connectivity index is 0.00000289. The Morgan fingerprint density at radius 2 is 1.89 bits per heavy atom. The molecule has 0 atom stereocenters. The van der Waals surface area contributed by atoms with Gasteiger partial charge in [-0.15, -0.1) is 0 Å². The van der Waals surface area contributed by atoms with E-state index >= 15 is 4.39 Å². The van der Waals surface area contributed by atoms with Crippen LogP contribution in [0.15, 0.2) is 30.9 Å². The topological polar surface area (TPSA) is 103 Å². The molecule has 1 fully saturated rings. The van der Waals surface area contributed by atoms with Crippen LogP contribution in [-0.2, 0) is 18.3 Å². The molecule has 1 N–H and O–H groups in total. The molecule has 0 radical (unpaired) electrons. The summed E-state index contributed by atoms with van der Waals surface area (Å²) in [7, 11) is 1.75. The fourth-order valence-corrected chi connectivity index (χ4v) is 3.69. The molecule has 0 bridgehead atoms. The zero-order valence-electron chi connectivity index (χ0n) is 18.0. The molecule has 0 aliphatic carbocycles. The maximum Gasteiger partial charge on any atom is 0.257 e. The average molecular weight is 488 g/mol. The van der Waals surface area contributed by atoms with Gasteiger partial charge >= 0.3 is 0 Å². The summed E-state index contributed by atoms with van der Waals surface area (Å²) in [5, 5.41) is 11.7. The lowest BCUT2D eigenvalue weighted by atomic mass is 10.1. The van der Waals surface area contributed by atoms with Gasteiger partial charge in [0.05, 0.1) is 48.8 Å². The van der Waals surface area contributed by atoms with Crippen molar-refractivity contribution in [3.63, 3.8) is 0 Å². The van der Waals surface area contributed by atoms with E-state index in [1.54, 1.807) is 24.1 Å². The highest BCUT2D eigenvalue weighted by Gasteiger charge is 2.27. The van der Waals surface area contributed by atoms with Crippen LogP contribution in [0.25, 0.3) is 11.0 Å². The Hall–Kier alpha value is -4.00. The number of benzene rings is 1. The van der Waals surface area contributed by atoms with Gasteiger partial charge in [-0.05, 0) is 6.07 Å². The molecule has 0 unspecified atom stereocenters. The molecule has 0 spiro atoms. The van der Waals surface area contributed by atoms with E-state index in [9.17, 15) is 13.6 Å². The molecular formula is C22H23F3N8O2. The summed E-state index contributed by atoms with van der Waals surface area (Å²) in [6.07, 6.45) is 6.22. The minimum Gasteiger partial charge on any atom is -0.378 e. The first-order valence-corrected chi connectivity index (χ1v) is 10.4. The first-order chi connectivity index (χ1) is 16.4. The van der Waals surface area contributed by atoms with Gasteiger partial charge in [0.15, 0.2) is 17.3 Å². The number of nitrogens with one attached hydrogen (secondary N) is 1. The predicted octanol–water partition coefficient (Wildman–Crippen LogP) is 2.88. The van der Waals surface area contributed by atoms with E-state index < -0.39 is 41.0 Å². The Bertz CT molecular complexity index is 1380. The molecule has 3 aromatic heterocycles. The number of aryl methyl sites for hydroxylation is 1. The molecule has 1 saturated heterocycles. The second-order valence-electron chi connectivity index (χ2n) is 7.72. The SMILES string of the molecule is C.Cn1cc(Nc2ncc3cnn(Cc4c(F)c(F)cc(C(=O)N5CCOCC5)c4F)c3n2)cn1. The van der Waals surface area contributed by atoms with E-state index in [0.29, 0.717) is 17.1 Å². The van der Waals surface area contributed by atoms with Gasteiger partial charge in [-0.25, -0.2) is 22.8 Å². The number of halogens is 3. The number of hydrogen-bond donors (Lipinski definition) is 1. The van der Waals surface area contributed by atoms with E-state index in [1.807, 2.05) is 0 Å². The minimum absolute atomic E-state index is 0. The molecule has 5 rings (SSSR count). The largest absolute Gasteiger partial charge is 0.378 e. The molecule has 1 aliphatic heterocycles. The highest BCUT2D eigenvalue weighted by molar-refractivity contribution is 5.95. The third-order valence-corrected chi connectivity index (χ3v) is 5.42. The van der Waals surface area contributed by atoms with Crippen molar-refractivity contribution >= 4 is 28.6 Å². The Morgan fingerprint density at radius 1 is 1.11 bits per heavy atom. The van der Waals surface area contributed by atoms with Crippen molar-refractivity contribution in [1.29, 1.82) is 0 Å². The highest BCUT2D eigenvalue weighted by atomic mass is 19.2. The summed E-state index contributed by atoms with van der Waals surface area (Å²) in [4.78, 5) is 22.6. The summed E-state index contributed by atoms with van der Waals surface area (Å²) in [5.74, 6) is -4.36. The summed E-state index contributed by atoms with van der Waals surface area (Å²) in [6.45, 7) is 0.572. The lowest BCUT2D eigenvalue weighted by Gasteiger charge is -2.27. The monoisotopic (exact) mass is 488 g/mol. The number of anilines is 2. The van der Waals surface area contributed by atoms with E-state index in [2.05, 4.69) is 25.5 Å². The maximum atomic E-state index is 15.3. The second kappa shape index (κ2) is 9.70. The molecule has 1 aromatic carbocycles. The van der Waals surface area contributed by atoms with Gasteiger partial charge in [-0.3, -0.25) is 9.48 Å². The molecule has 13 heteroatoms. The molecular weight excluding hydrogens is 465 g/mol. The number of fused-ring (bicyclic) bond motifs is 1.